The first kappa shape index (κ1) is 12.4. The van der Waals surface area contributed by atoms with Crippen molar-refractivity contribution in [1.29, 1.82) is 0 Å². The molecule has 16 heavy (non-hydrogen) atoms. The highest BCUT2D eigenvalue weighted by Crippen LogP contribution is 2.07. The van der Waals surface area contributed by atoms with E-state index >= 15 is 0 Å². The first-order valence-electron chi connectivity index (χ1n) is 5.30. The third-order valence-electron chi connectivity index (χ3n) is 2.12. The number of hydrogen-bond acceptors (Lipinski definition) is 3. The summed E-state index contributed by atoms with van der Waals surface area (Å²) >= 11 is 0. The summed E-state index contributed by atoms with van der Waals surface area (Å²) in [6, 6.07) is 1.76. The molecule has 0 aliphatic carbocycles. The molecule has 86 valence electrons. The van der Waals surface area contributed by atoms with E-state index in [2.05, 4.69) is 22.1 Å². The molecule has 1 rings (SSSR count). The smallest absolute Gasteiger partial charge is 0.253 e. The summed E-state index contributed by atoms with van der Waals surface area (Å²) in [5.41, 5.74) is 3.00. The normalized spacial score (nSPS) is 9.94. The van der Waals surface area contributed by atoms with Gasteiger partial charge in [0.1, 0.15) is 0 Å². The molecule has 1 heterocycles. The van der Waals surface area contributed by atoms with Gasteiger partial charge >= 0.3 is 0 Å². The van der Waals surface area contributed by atoms with Crippen molar-refractivity contribution in [2.24, 2.45) is 0 Å². The maximum Gasteiger partial charge on any atom is 0.253 e. The molecular formula is C12H17N3O. The van der Waals surface area contributed by atoms with Crippen LogP contribution in [-0.4, -0.2) is 22.6 Å². The first-order valence-corrected chi connectivity index (χ1v) is 5.30. The summed E-state index contributed by atoms with van der Waals surface area (Å²) in [5, 5.41) is 10.7. The van der Waals surface area contributed by atoms with Crippen LogP contribution in [0.1, 0.15) is 35.6 Å². The van der Waals surface area contributed by atoms with Crippen molar-refractivity contribution in [1.82, 2.24) is 15.5 Å². The highest BCUT2D eigenvalue weighted by molar-refractivity contribution is 5.95. The van der Waals surface area contributed by atoms with E-state index < -0.39 is 0 Å². The Bertz CT molecular complexity index is 413. The number of carbonyl (C=O) groups excluding carboxylic acids is 1. The Hall–Kier alpha value is -1.71. The molecule has 4 nitrogen and oxygen atoms in total. The van der Waals surface area contributed by atoms with Crippen LogP contribution in [0.3, 0.4) is 0 Å². The van der Waals surface area contributed by atoms with E-state index in [-0.39, 0.29) is 5.91 Å². The van der Waals surface area contributed by atoms with Gasteiger partial charge in [-0.05, 0) is 26.3 Å². The summed E-state index contributed by atoms with van der Waals surface area (Å²) in [6.45, 7) is 9.87. The van der Waals surface area contributed by atoms with Gasteiger partial charge in [-0.25, -0.2) is 0 Å². The molecule has 0 bridgehead atoms. The Morgan fingerprint density at radius 2 is 2.19 bits per heavy atom. The second-order valence-corrected chi connectivity index (χ2v) is 3.84. The molecule has 0 spiro atoms. The zero-order valence-corrected chi connectivity index (χ0v) is 10.0. The zero-order valence-electron chi connectivity index (χ0n) is 10.0. The molecule has 1 amide bonds. The number of aryl methyl sites for hydroxylation is 2. The van der Waals surface area contributed by atoms with Crippen LogP contribution < -0.4 is 5.32 Å². The van der Waals surface area contributed by atoms with E-state index in [1.165, 1.54) is 0 Å². The monoisotopic (exact) mass is 219 g/mol. The van der Waals surface area contributed by atoms with E-state index in [1.54, 1.807) is 6.07 Å². The van der Waals surface area contributed by atoms with E-state index in [1.807, 2.05) is 20.8 Å². The topological polar surface area (TPSA) is 54.9 Å². The average molecular weight is 219 g/mol. The molecule has 0 atom stereocenters. The Balaban J connectivity index is 2.88. The third kappa shape index (κ3) is 3.15. The van der Waals surface area contributed by atoms with Crippen molar-refractivity contribution in [3.05, 3.63) is 35.2 Å². The van der Waals surface area contributed by atoms with Gasteiger partial charge in [-0.2, -0.15) is 10.2 Å². The van der Waals surface area contributed by atoms with Crippen LogP contribution in [0, 0.1) is 6.92 Å². The van der Waals surface area contributed by atoms with Gasteiger partial charge in [0.25, 0.3) is 5.91 Å². The predicted octanol–water partition coefficient (Wildman–Crippen LogP) is 1.65. The van der Waals surface area contributed by atoms with Gasteiger partial charge < -0.3 is 5.32 Å². The molecule has 0 aliphatic heterocycles. The summed E-state index contributed by atoms with van der Waals surface area (Å²) in [7, 11) is 0. The van der Waals surface area contributed by atoms with Gasteiger partial charge in [-0.15, -0.1) is 0 Å². The lowest BCUT2D eigenvalue weighted by Crippen LogP contribution is -2.26. The van der Waals surface area contributed by atoms with Crippen LogP contribution in [0.4, 0.5) is 0 Å². The predicted molar refractivity (Wildman–Crippen MR) is 63.3 cm³/mol. The molecular weight excluding hydrogens is 202 g/mol. The minimum Gasteiger partial charge on any atom is -0.348 e. The molecule has 0 unspecified atom stereocenters. The zero-order chi connectivity index (χ0) is 12.1. The minimum absolute atomic E-state index is 0.113. The third-order valence-corrected chi connectivity index (χ3v) is 2.12. The summed E-state index contributed by atoms with van der Waals surface area (Å²) in [5.74, 6) is -0.113. The van der Waals surface area contributed by atoms with Gasteiger partial charge in [0, 0.05) is 6.54 Å². The van der Waals surface area contributed by atoms with E-state index in [0.717, 1.165) is 17.0 Å². The number of nitrogens with zero attached hydrogens (tertiary/aromatic N) is 2. The van der Waals surface area contributed by atoms with Gasteiger partial charge in [-0.1, -0.05) is 19.1 Å². The van der Waals surface area contributed by atoms with E-state index in [0.29, 0.717) is 18.5 Å². The number of carbonyl (C=O) groups is 1. The van der Waals surface area contributed by atoms with Crippen molar-refractivity contribution in [3.63, 3.8) is 0 Å². The number of aromatic nitrogens is 2. The number of amides is 1. The molecule has 1 N–H and O–H groups in total. The molecule has 0 radical (unpaired) electrons. The maximum absolute atomic E-state index is 11.9. The van der Waals surface area contributed by atoms with Gasteiger partial charge in [0.2, 0.25) is 0 Å². The molecule has 0 aromatic carbocycles. The molecule has 1 aromatic rings. The highest BCUT2D eigenvalue weighted by Gasteiger charge is 2.12. The van der Waals surface area contributed by atoms with Crippen molar-refractivity contribution in [2.45, 2.75) is 27.2 Å². The fourth-order valence-electron chi connectivity index (χ4n) is 1.30. The quantitative estimate of drug-likeness (QED) is 0.783. The maximum atomic E-state index is 11.9. The van der Waals surface area contributed by atoms with Gasteiger partial charge in [-0.3, -0.25) is 4.79 Å². The SMILES string of the molecule is C=C(C)CNC(=O)c1cc(C)nnc1CC. The minimum atomic E-state index is -0.113. The van der Waals surface area contributed by atoms with E-state index in [9.17, 15) is 4.79 Å². The van der Waals surface area contributed by atoms with Crippen LogP contribution in [0.2, 0.25) is 0 Å². The van der Waals surface area contributed by atoms with E-state index in [4.69, 9.17) is 0 Å². The highest BCUT2D eigenvalue weighted by atomic mass is 16.1. The Morgan fingerprint density at radius 3 is 2.75 bits per heavy atom. The van der Waals surface area contributed by atoms with Crippen molar-refractivity contribution >= 4 is 5.91 Å². The second-order valence-electron chi connectivity index (χ2n) is 3.84. The number of hydrogen-bond donors (Lipinski definition) is 1. The Morgan fingerprint density at radius 1 is 1.50 bits per heavy atom. The van der Waals surface area contributed by atoms with Crippen molar-refractivity contribution < 1.29 is 4.79 Å². The fraction of sp³-hybridized carbons (Fsp3) is 0.417. The van der Waals surface area contributed by atoms with Gasteiger partial charge in [0.15, 0.2) is 0 Å². The number of nitrogens with one attached hydrogen (secondary N) is 1. The molecule has 0 aliphatic rings. The lowest BCUT2D eigenvalue weighted by molar-refractivity contribution is 0.0955. The largest absolute Gasteiger partial charge is 0.348 e. The lowest BCUT2D eigenvalue weighted by Gasteiger charge is -2.08. The van der Waals surface area contributed by atoms with Gasteiger partial charge in [0.05, 0.1) is 17.0 Å². The molecule has 0 saturated heterocycles. The summed E-state index contributed by atoms with van der Waals surface area (Å²) < 4.78 is 0. The standard InChI is InChI=1S/C12H17N3O/c1-5-11-10(6-9(4)14-15-11)12(16)13-7-8(2)3/h6H,2,5,7H2,1,3-4H3,(H,13,16). The van der Waals surface area contributed by atoms with Crippen molar-refractivity contribution in [2.75, 3.05) is 6.54 Å². The molecule has 1 aromatic heterocycles. The van der Waals surface area contributed by atoms with Crippen molar-refractivity contribution in [3.8, 4) is 0 Å². The molecule has 0 fully saturated rings. The average Bonchev–Trinajstić information content (AvgIpc) is 2.25. The molecule has 0 saturated carbocycles. The molecule has 4 heteroatoms. The summed E-state index contributed by atoms with van der Waals surface area (Å²) in [4.78, 5) is 11.9. The van der Waals surface area contributed by atoms with Crippen LogP contribution in [-0.2, 0) is 6.42 Å². The lowest BCUT2D eigenvalue weighted by atomic mass is 10.1. The Labute approximate surface area is 95.8 Å². The van der Waals surface area contributed by atoms with Crippen LogP contribution in [0.5, 0.6) is 0 Å². The first-order chi connectivity index (χ1) is 7.54. The second kappa shape index (κ2) is 5.39. The number of rotatable bonds is 4. The Kier molecular flexibility index (Phi) is 4.17. The van der Waals surface area contributed by atoms with Crippen LogP contribution >= 0.6 is 0 Å². The van der Waals surface area contributed by atoms with Crippen LogP contribution in [0.15, 0.2) is 18.2 Å². The fourth-order valence-corrected chi connectivity index (χ4v) is 1.30. The summed E-state index contributed by atoms with van der Waals surface area (Å²) in [6.07, 6.45) is 0.698. The van der Waals surface area contributed by atoms with Crippen LogP contribution in [0.25, 0.3) is 0 Å².